The summed E-state index contributed by atoms with van der Waals surface area (Å²) in [6, 6.07) is 80.2. The first-order valence-corrected chi connectivity index (χ1v) is 20.7. The number of fused-ring (bicyclic) bond motifs is 7. The monoisotopic (exact) mass is 779 g/mol. The first kappa shape index (κ1) is 34.9. The topological polar surface area (TPSA) is 29.5 Å². The van der Waals surface area contributed by atoms with Crippen LogP contribution >= 0.6 is 0 Å². The summed E-state index contributed by atoms with van der Waals surface area (Å²) in [5.41, 5.74) is 16.1. The third-order valence-corrected chi connectivity index (χ3v) is 12.1. The fourth-order valence-electron chi connectivity index (χ4n) is 8.97. The van der Waals surface area contributed by atoms with E-state index >= 15 is 0 Å². The van der Waals surface area contributed by atoms with E-state index in [1.165, 1.54) is 27.5 Å². The lowest BCUT2D eigenvalue weighted by Crippen LogP contribution is -2.11. The Hall–Kier alpha value is -8.14. The van der Waals surface area contributed by atoms with Crippen LogP contribution in [0.4, 0.5) is 17.1 Å². The standard InChI is InChI=1S/C58H37NO2/c1-2-10-43-35-44(22-21-38(43)9-1)41-19-17-39(18-20-41)40-23-29-47(30-24-40)59(48-31-25-42(26-32-48)45-27-33-57-52(36-45)50-12-4-7-15-55(50)60-57)54-14-6-3-11-49(54)46-28-34-58-53(37-46)51-13-5-8-16-56(51)61-58/h1-37H. The predicted molar refractivity (Wildman–Crippen MR) is 255 cm³/mol. The van der Waals surface area contributed by atoms with Gasteiger partial charge in [-0.15, -0.1) is 0 Å². The van der Waals surface area contributed by atoms with Gasteiger partial charge < -0.3 is 13.7 Å². The zero-order valence-electron chi connectivity index (χ0n) is 33.1. The molecule has 10 aromatic carbocycles. The van der Waals surface area contributed by atoms with E-state index in [-0.39, 0.29) is 0 Å². The number of para-hydroxylation sites is 3. The third kappa shape index (κ3) is 6.14. The maximum Gasteiger partial charge on any atom is 0.135 e. The molecule has 0 amide bonds. The molecule has 0 bridgehead atoms. The van der Waals surface area contributed by atoms with Crippen LogP contribution in [0.25, 0.3) is 99.2 Å². The summed E-state index contributed by atoms with van der Waals surface area (Å²) < 4.78 is 12.4. The Balaban J connectivity index is 0.935. The molecule has 0 N–H and O–H groups in total. The van der Waals surface area contributed by atoms with Crippen LogP contribution in [0, 0.1) is 0 Å². The molecule has 0 unspecified atom stereocenters. The third-order valence-electron chi connectivity index (χ3n) is 12.1. The number of benzene rings is 10. The van der Waals surface area contributed by atoms with Gasteiger partial charge in [-0.25, -0.2) is 0 Å². The first-order chi connectivity index (χ1) is 30.2. The van der Waals surface area contributed by atoms with Crippen molar-refractivity contribution >= 4 is 71.7 Å². The lowest BCUT2D eigenvalue weighted by atomic mass is 9.97. The maximum atomic E-state index is 6.22. The molecular formula is C58H37NO2. The quantitative estimate of drug-likeness (QED) is 0.161. The number of nitrogens with zero attached hydrogens (tertiary/aromatic N) is 1. The van der Waals surface area contributed by atoms with E-state index in [4.69, 9.17) is 8.83 Å². The summed E-state index contributed by atoms with van der Waals surface area (Å²) in [4.78, 5) is 2.37. The second-order valence-corrected chi connectivity index (χ2v) is 15.7. The Morgan fingerprint density at radius 1 is 0.262 bits per heavy atom. The van der Waals surface area contributed by atoms with E-state index in [1.807, 2.05) is 24.3 Å². The van der Waals surface area contributed by atoms with Gasteiger partial charge >= 0.3 is 0 Å². The Kier molecular flexibility index (Phi) is 8.17. The smallest absolute Gasteiger partial charge is 0.135 e. The molecule has 0 aliphatic rings. The average Bonchev–Trinajstić information content (AvgIpc) is 3.90. The zero-order valence-corrected chi connectivity index (χ0v) is 33.1. The van der Waals surface area contributed by atoms with Crippen molar-refractivity contribution in [3.05, 3.63) is 224 Å². The normalized spacial score (nSPS) is 11.6. The highest BCUT2D eigenvalue weighted by atomic mass is 16.3. The fraction of sp³-hybridized carbons (Fsp3) is 0. The Morgan fingerprint density at radius 2 is 0.672 bits per heavy atom. The molecule has 0 aliphatic carbocycles. The van der Waals surface area contributed by atoms with Gasteiger partial charge in [0.2, 0.25) is 0 Å². The van der Waals surface area contributed by atoms with Crippen LogP contribution < -0.4 is 4.90 Å². The molecule has 286 valence electrons. The molecule has 0 saturated carbocycles. The fourth-order valence-corrected chi connectivity index (χ4v) is 8.97. The Bertz CT molecular complexity index is 3580. The van der Waals surface area contributed by atoms with Crippen molar-refractivity contribution in [2.75, 3.05) is 4.90 Å². The zero-order chi connectivity index (χ0) is 40.3. The molecule has 0 fully saturated rings. The highest BCUT2D eigenvalue weighted by molar-refractivity contribution is 6.08. The van der Waals surface area contributed by atoms with E-state index in [0.29, 0.717) is 0 Å². The minimum Gasteiger partial charge on any atom is -0.456 e. The average molecular weight is 780 g/mol. The molecule has 0 saturated heterocycles. The molecule has 0 atom stereocenters. The molecule has 0 spiro atoms. The lowest BCUT2D eigenvalue weighted by molar-refractivity contribution is 0.668. The van der Waals surface area contributed by atoms with E-state index in [9.17, 15) is 0 Å². The van der Waals surface area contributed by atoms with Gasteiger partial charge in [-0.3, -0.25) is 0 Å². The Morgan fingerprint density at radius 3 is 1.30 bits per heavy atom. The summed E-state index contributed by atoms with van der Waals surface area (Å²) in [7, 11) is 0. The number of rotatable bonds is 7. The highest BCUT2D eigenvalue weighted by Crippen LogP contribution is 2.43. The lowest BCUT2D eigenvalue weighted by Gasteiger charge is -2.28. The van der Waals surface area contributed by atoms with E-state index in [0.717, 1.165) is 88.8 Å². The van der Waals surface area contributed by atoms with E-state index in [1.54, 1.807) is 0 Å². The molecule has 61 heavy (non-hydrogen) atoms. The van der Waals surface area contributed by atoms with Gasteiger partial charge in [0.05, 0.1) is 5.69 Å². The molecule has 0 aliphatic heterocycles. The van der Waals surface area contributed by atoms with Crippen molar-refractivity contribution in [1.82, 2.24) is 0 Å². The van der Waals surface area contributed by atoms with Crippen molar-refractivity contribution in [2.24, 2.45) is 0 Å². The van der Waals surface area contributed by atoms with Gasteiger partial charge in [0, 0.05) is 38.5 Å². The largest absolute Gasteiger partial charge is 0.456 e. The Labute approximate surface area is 353 Å². The second kappa shape index (κ2) is 14.3. The van der Waals surface area contributed by atoms with Crippen molar-refractivity contribution < 1.29 is 8.83 Å². The van der Waals surface area contributed by atoms with Gasteiger partial charge in [0.25, 0.3) is 0 Å². The van der Waals surface area contributed by atoms with Crippen LogP contribution in [-0.2, 0) is 0 Å². The van der Waals surface area contributed by atoms with Crippen LogP contribution in [0.5, 0.6) is 0 Å². The maximum absolute atomic E-state index is 6.22. The van der Waals surface area contributed by atoms with Crippen molar-refractivity contribution in [3.8, 4) is 44.5 Å². The molecule has 3 heteroatoms. The van der Waals surface area contributed by atoms with Crippen molar-refractivity contribution in [1.29, 1.82) is 0 Å². The molecular weight excluding hydrogens is 743 g/mol. The summed E-state index contributed by atoms with van der Waals surface area (Å²) in [5, 5.41) is 6.98. The predicted octanol–water partition coefficient (Wildman–Crippen LogP) is 16.8. The summed E-state index contributed by atoms with van der Waals surface area (Å²) >= 11 is 0. The number of furan rings is 2. The van der Waals surface area contributed by atoms with Crippen molar-refractivity contribution in [3.63, 3.8) is 0 Å². The molecule has 0 radical (unpaired) electrons. The first-order valence-electron chi connectivity index (χ1n) is 20.7. The van der Waals surface area contributed by atoms with Gasteiger partial charge in [-0.05, 0) is 123 Å². The van der Waals surface area contributed by atoms with Gasteiger partial charge in [0.1, 0.15) is 22.3 Å². The van der Waals surface area contributed by atoms with Gasteiger partial charge in [-0.1, -0.05) is 152 Å². The summed E-state index contributed by atoms with van der Waals surface area (Å²) in [6.07, 6.45) is 0. The second-order valence-electron chi connectivity index (χ2n) is 15.7. The molecule has 12 rings (SSSR count). The molecule has 2 aromatic heterocycles. The number of anilines is 3. The molecule has 3 nitrogen and oxygen atoms in total. The van der Waals surface area contributed by atoms with Gasteiger partial charge in [0.15, 0.2) is 0 Å². The van der Waals surface area contributed by atoms with Crippen LogP contribution in [0.15, 0.2) is 233 Å². The van der Waals surface area contributed by atoms with Crippen LogP contribution in [-0.4, -0.2) is 0 Å². The van der Waals surface area contributed by atoms with Crippen LogP contribution in [0.1, 0.15) is 0 Å². The number of hydrogen-bond donors (Lipinski definition) is 0. The minimum absolute atomic E-state index is 0.886. The van der Waals surface area contributed by atoms with E-state index < -0.39 is 0 Å². The van der Waals surface area contributed by atoms with Crippen LogP contribution in [0.3, 0.4) is 0 Å². The highest BCUT2D eigenvalue weighted by Gasteiger charge is 2.19. The molecule has 2 heterocycles. The SMILES string of the molecule is c1ccc(N(c2ccc(-c3ccc(-c4ccc5ccccc5c4)cc3)cc2)c2ccc(-c3ccc4oc5ccccc5c4c3)cc2)c(-c2ccc3oc4ccccc4c3c2)c1. The minimum atomic E-state index is 0.886. The summed E-state index contributed by atoms with van der Waals surface area (Å²) in [5.74, 6) is 0. The molecule has 12 aromatic rings. The van der Waals surface area contributed by atoms with E-state index in [2.05, 4.69) is 205 Å². The van der Waals surface area contributed by atoms with Gasteiger partial charge in [-0.2, -0.15) is 0 Å². The number of hydrogen-bond acceptors (Lipinski definition) is 3. The van der Waals surface area contributed by atoms with Crippen LogP contribution in [0.2, 0.25) is 0 Å². The summed E-state index contributed by atoms with van der Waals surface area (Å²) in [6.45, 7) is 0. The van der Waals surface area contributed by atoms with Crippen molar-refractivity contribution in [2.45, 2.75) is 0 Å².